The SMILES string of the molecule is CC(C)(C)c1cc2c3c(c1)C1(C)CCCCC1(C)N3c1cc(N3c4ccccc4C4(c5ccccc5)CCCCC34C)cc3c1B2c1cccc2c4ccccc4n-3c12. The molecule has 2 saturated carbocycles. The van der Waals surface area contributed by atoms with Crippen molar-refractivity contribution in [2.75, 3.05) is 9.80 Å². The number of fused-ring (bicyclic) bond motifs is 13. The van der Waals surface area contributed by atoms with Crippen molar-refractivity contribution >= 4 is 67.7 Å². The Bertz CT molecular complexity index is 2970. The standard InChI is InChI=1S/C55H54BN3/c1-51(2,3)36-31-41-50-43(32-36)56-42-24-18-22-39-38-21-10-12-25-44(38)57(49(39)42)46-33-37(34-47(48(46)56)59(50)53(5)28-15-14-27-52(41,53)4)58-45-26-13-11-23-40(45)55(35-19-8-7-9-20-35)30-17-16-29-54(55,58)6/h7-13,18-26,31-34H,14-17,27-30H2,1-6H3. The summed E-state index contributed by atoms with van der Waals surface area (Å²) in [5.74, 6) is 0. The van der Waals surface area contributed by atoms with E-state index in [4.69, 9.17) is 0 Å². The van der Waals surface area contributed by atoms with Gasteiger partial charge in [0.25, 0.3) is 6.71 Å². The second-order valence-electron chi connectivity index (χ2n) is 20.9. The lowest BCUT2D eigenvalue weighted by atomic mass is 9.33. The molecule has 4 heteroatoms. The molecule has 59 heavy (non-hydrogen) atoms. The highest BCUT2D eigenvalue weighted by atomic mass is 15.3. The van der Waals surface area contributed by atoms with Gasteiger partial charge < -0.3 is 14.4 Å². The number of rotatable bonds is 2. The summed E-state index contributed by atoms with van der Waals surface area (Å²) in [5.41, 5.74) is 20.0. The van der Waals surface area contributed by atoms with Crippen LogP contribution in [-0.2, 0) is 16.2 Å². The van der Waals surface area contributed by atoms with E-state index in [1.54, 1.807) is 5.56 Å². The van der Waals surface area contributed by atoms with Crippen LogP contribution in [0.5, 0.6) is 0 Å². The van der Waals surface area contributed by atoms with Crippen LogP contribution in [0.3, 0.4) is 0 Å². The summed E-state index contributed by atoms with van der Waals surface area (Å²) in [4.78, 5) is 5.79. The van der Waals surface area contributed by atoms with Gasteiger partial charge >= 0.3 is 0 Å². The highest BCUT2D eigenvalue weighted by Gasteiger charge is 2.63. The van der Waals surface area contributed by atoms with Crippen molar-refractivity contribution in [3.8, 4) is 5.69 Å². The third kappa shape index (κ3) is 3.90. The molecular formula is C55H54BN3. The maximum Gasteiger partial charge on any atom is 0.252 e. The van der Waals surface area contributed by atoms with Crippen LogP contribution in [0, 0.1) is 0 Å². The number of benzene rings is 6. The molecule has 13 rings (SSSR count). The van der Waals surface area contributed by atoms with Gasteiger partial charge in [0.2, 0.25) is 0 Å². The van der Waals surface area contributed by atoms with E-state index >= 15 is 0 Å². The Morgan fingerprint density at radius 3 is 2.08 bits per heavy atom. The second kappa shape index (κ2) is 11.1. The van der Waals surface area contributed by atoms with Gasteiger partial charge in [0.15, 0.2) is 0 Å². The van der Waals surface area contributed by atoms with E-state index in [9.17, 15) is 0 Å². The van der Waals surface area contributed by atoms with Crippen LogP contribution < -0.4 is 26.2 Å². The third-order valence-corrected chi connectivity index (χ3v) is 17.3. The average Bonchev–Trinajstić information content (AvgIpc) is 3.79. The van der Waals surface area contributed by atoms with E-state index < -0.39 is 0 Å². The predicted octanol–water partition coefficient (Wildman–Crippen LogP) is 11.7. The summed E-state index contributed by atoms with van der Waals surface area (Å²) >= 11 is 0. The van der Waals surface area contributed by atoms with Gasteiger partial charge in [-0.1, -0.05) is 150 Å². The molecule has 2 aliphatic carbocycles. The molecular weight excluding hydrogens is 713 g/mol. The van der Waals surface area contributed by atoms with Crippen LogP contribution in [0.1, 0.15) is 115 Å². The van der Waals surface area contributed by atoms with Gasteiger partial charge in [-0.05, 0) is 108 Å². The first-order valence-electron chi connectivity index (χ1n) is 22.7. The molecule has 0 bridgehead atoms. The number of para-hydroxylation sites is 3. The van der Waals surface area contributed by atoms with Crippen molar-refractivity contribution in [1.29, 1.82) is 0 Å². The van der Waals surface area contributed by atoms with Gasteiger partial charge in [-0.2, -0.15) is 0 Å². The fourth-order valence-corrected chi connectivity index (χ4v) is 14.4. The van der Waals surface area contributed by atoms with E-state index in [0.717, 1.165) is 12.8 Å². The highest BCUT2D eigenvalue weighted by molar-refractivity contribution is 7.00. The van der Waals surface area contributed by atoms with Crippen molar-refractivity contribution in [3.63, 3.8) is 0 Å². The predicted molar refractivity (Wildman–Crippen MR) is 250 cm³/mol. The van der Waals surface area contributed by atoms with Gasteiger partial charge in [0, 0.05) is 55.6 Å². The number of hydrogen-bond donors (Lipinski definition) is 0. The number of anilines is 4. The Labute approximate surface area is 350 Å². The van der Waals surface area contributed by atoms with Crippen molar-refractivity contribution in [2.24, 2.45) is 0 Å². The lowest BCUT2D eigenvalue weighted by molar-refractivity contribution is 0.195. The van der Waals surface area contributed by atoms with E-state index in [-0.39, 0.29) is 34.0 Å². The maximum absolute atomic E-state index is 2.94. The van der Waals surface area contributed by atoms with Gasteiger partial charge in [-0.15, -0.1) is 0 Å². The average molecular weight is 768 g/mol. The monoisotopic (exact) mass is 767 g/mol. The number of aromatic nitrogens is 1. The first kappa shape index (κ1) is 34.6. The van der Waals surface area contributed by atoms with Crippen LogP contribution in [0.15, 0.2) is 121 Å². The van der Waals surface area contributed by atoms with Crippen molar-refractivity contribution in [1.82, 2.24) is 4.57 Å². The molecule has 292 valence electrons. The molecule has 0 spiro atoms. The summed E-state index contributed by atoms with van der Waals surface area (Å²) in [6, 6.07) is 48.1. The summed E-state index contributed by atoms with van der Waals surface area (Å²) < 4.78 is 2.69. The Kier molecular flexibility index (Phi) is 6.53. The fraction of sp³-hybridized carbons (Fsp3) is 0.345. The molecule has 2 fully saturated rings. The van der Waals surface area contributed by atoms with Crippen molar-refractivity contribution < 1.29 is 0 Å². The minimum absolute atomic E-state index is 0.0345. The molecule has 3 nitrogen and oxygen atoms in total. The molecule has 4 atom stereocenters. The summed E-state index contributed by atoms with van der Waals surface area (Å²) in [6.07, 6.45) is 9.77. The van der Waals surface area contributed by atoms with Crippen LogP contribution in [-0.4, -0.2) is 22.4 Å². The smallest absolute Gasteiger partial charge is 0.252 e. The molecule has 0 radical (unpaired) electrons. The largest absolute Gasteiger partial charge is 0.335 e. The Morgan fingerprint density at radius 2 is 1.25 bits per heavy atom. The lowest BCUT2D eigenvalue weighted by Crippen LogP contribution is -2.64. The Morgan fingerprint density at radius 1 is 0.559 bits per heavy atom. The molecule has 6 aliphatic rings. The Balaban J connectivity index is 1.18. The molecule has 0 saturated heterocycles. The Hall–Kier alpha value is -5.22. The zero-order valence-electron chi connectivity index (χ0n) is 35.6. The zero-order valence-corrected chi connectivity index (χ0v) is 35.6. The quantitative estimate of drug-likeness (QED) is 0.162. The molecule has 5 heterocycles. The van der Waals surface area contributed by atoms with Gasteiger partial charge in [-0.25, -0.2) is 0 Å². The minimum atomic E-state index is -0.148. The van der Waals surface area contributed by atoms with E-state index in [1.807, 2.05) is 0 Å². The van der Waals surface area contributed by atoms with Crippen molar-refractivity contribution in [2.45, 2.75) is 120 Å². The van der Waals surface area contributed by atoms with E-state index in [2.05, 4.69) is 177 Å². The van der Waals surface area contributed by atoms with E-state index in [1.165, 1.54) is 122 Å². The topological polar surface area (TPSA) is 11.4 Å². The molecule has 1 aromatic heterocycles. The third-order valence-electron chi connectivity index (χ3n) is 17.3. The van der Waals surface area contributed by atoms with Crippen molar-refractivity contribution in [3.05, 3.63) is 144 Å². The molecule has 0 N–H and O–H groups in total. The molecule has 4 unspecified atom stereocenters. The minimum Gasteiger partial charge on any atom is -0.335 e. The van der Waals surface area contributed by atoms with Gasteiger partial charge in [0.05, 0.1) is 16.6 Å². The molecule has 7 aromatic rings. The second-order valence-corrected chi connectivity index (χ2v) is 20.9. The van der Waals surface area contributed by atoms with E-state index in [0.29, 0.717) is 0 Å². The summed E-state index contributed by atoms with van der Waals surface area (Å²) in [5, 5.41) is 2.71. The van der Waals surface area contributed by atoms with Crippen LogP contribution in [0.2, 0.25) is 0 Å². The lowest BCUT2D eigenvalue weighted by Gasteiger charge is -2.54. The first-order valence-corrected chi connectivity index (χ1v) is 22.7. The summed E-state index contributed by atoms with van der Waals surface area (Å²) in [7, 11) is 0. The first-order chi connectivity index (χ1) is 28.5. The molecule has 4 aliphatic heterocycles. The van der Waals surface area contributed by atoms with Crippen LogP contribution in [0.4, 0.5) is 22.7 Å². The molecule has 0 amide bonds. The fourth-order valence-electron chi connectivity index (χ4n) is 14.4. The summed E-state index contributed by atoms with van der Waals surface area (Å²) in [6.45, 7) is 15.3. The highest BCUT2D eigenvalue weighted by Crippen LogP contribution is 2.66. The zero-order chi connectivity index (χ0) is 39.8. The number of hydrogen-bond acceptors (Lipinski definition) is 2. The van der Waals surface area contributed by atoms with Gasteiger partial charge in [0.1, 0.15) is 0 Å². The van der Waals surface area contributed by atoms with Crippen LogP contribution >= 0.6 is 0 Å². The normalized spacial score (nSPS) is 27.1. The maximum atomic E-state index is 2.94. The van der Waals surface area contributed by atoms with Crippen LogP contribution in [0.25, 0.3) is 27.5 Å². The molecule has 6 aromatic carbocycles. The number of nitrogens with zero attached hydrogens (tertiary/aromatic N) is 3. The van der Waals surface area contributed by atoms with Gasteiger partial charge in [-0.3, -0.25) is 0 Å².